The summed E-state index contributed by atoms with van der Waals surface area (Å²) in [6.45, 7) is -0.00113. The monoisotopic (exact) mass is 349 g/mol. The number of halogens is 3. The summed E-state index contributed by atoms with van der Waals surface area (Å²) in [4.78, 5) is 12.8. The highest BCUT2D eigenvalue weighted by molar-refractivity contribution is 5.86. The van der Waals surface area contributed by atoms with Crippen LogP contribution in [-0.4, -0.2) is 33.7 Å². The average molecular weight is 349 g/mol. The Hall–Kier alpha value is -2.70. The van der Waals surface area contributed by atoms with E-state index in [2.05, 4.69) is 0 Å². The first kappa shape index (κ1) is 15.8. The van der Waals surface area contributed by atoms with Crippen molar-refractivity contribution in [3.8, 4) is 22.6 Å². The van der Waals surface area contributed by atoms with E-state index in [-0.39, 0.29) is 24.5 Å². The number of benzene rings is 2. The predicted octanol–water partition coefficient (Wildman–Crippen LogP) is 3.31. The predicted molar refractivity (Wildman–Crippen MR) is 83.1 cm³/mol. The molecule has 0 aromatic heterocycles. The maximum atomic E-state index is 13.0. The van der Waals surface area contributed by atoms with E-state index in [0.717, 1.165) is 10.5 Å². The van der Waals surface area contributed by atoms with E-state index in [1.807, 2.05) is 6.07 Å². The van der Waals surface area contributed by atoms with Gasteiger partial charge < -0.3 is 15.1 Å². The van der Waals surface area contributed by atoms with Crippen LogP contribution in [0.1, 0.15) is 22.7 Å². The molecule has 0 bridgehead atoms. The highest BCUT2D eigenvalue weighted by atomic mass is 19.4. The van der Waals surface area contributed by atoms with Gasteiger partial charge in [0, 0.05) is 12.1 Å². The zero-order chi connectivity index (χ0) is 17.9. The quantitative estimate of drug-likeness (QED) is 0.718. The van der Waals surface area contributed by atoms with Crippen molar-refractivity contribution in [3.05, 3.63) is 47.0 Å². The summed E-state index contributed by atoms with van der Waals surface area (Å²) in [6, 6.07) is 7.44. The van der Waals surface area contributed by atoms with Crippen molar-refractivity contribution in [2.75, 3.05) is 6.54 Å². The van der Waals surface area contributed by atoms with Gasteiger partial charge in [-0.1, -0.05) is 24.3 Å². The number of hydrogen-bond donors (Lipinski definition) is 2. The molecule has 0 radical (unpaired) electrons. The second kappa shape index (κ2) is 5.15. The lowest BCUT2D eigenvalue weighted by molar-refractivity contribution is -0.188. The molecule has 4 nitrogen and oxygen atoms in total. The Morgan fingerprint density at radius 3 is 2.60 bits per heavy atom. The molecule has 2 aromatic carbocycles. The molecule has 4 rings (SSSR count). The molecule has 0 spiro atoms. The highest BCUT2D eigenvalue weighted by Crippen LogP contribution is 2.50. The van der Waals surface area contributed by atoms with Gasteiger partial charge in [-0.25, -0.2) is 0 Å². The van der Waals surface area contributed by atoms with E-state index < -0.39 is 18.1 Å². The van der Waals surface area contributed by atoms with Crippen molar-refractivity contribution in [1.29, 1.82) is 0 Å². The Morgan fingerprint density at radius 1 is 1.12 bits per heavy atom. The Labute approximate surface area is 141 Å². The van der Waals surface area contributed by atoms with Crippen LogP contribution < -0.4 is 0 Å². The second-order valence-corrected chi connectivity index (χ2v) is 6.31. The van der Waals surface area contributed by atoms with Gasteiger partial charge in [-0.3, -0.25) is 4.79 Å². The molecule has 2 aliphatic rings. The van der Waals surface area contributed by atoms with E-state index in [9.17, 15) is 28.2 Å². The molecule has 130 valence electrons. The first-order valence-corrected chi connectivity index (χ1v) is 7.83. The summed E-state index contributed by atoms with van der Waals surface area (Å²) in [5.74, 6) is -2.41. The Morgan fingerprint density at radius 2 is 1.88 bits per heavy atom. The molecule has 0 fully saturated rings. The van der Waals surface area contributed by atoms with Gasteiger partial charge >= 0.3 is 12.1 Å². The number of carbonyl (C=O) groups excluding carboxylic acids is 1. The number of rotatable bonds is 0. The molecule has 1 aliphatic carbocycles. The summed E-state index contributed by atoms with van der Waals surface area (Å²) in [5.41, 5.74) is 3.08. The number of alkyl halides is 3. The smallest absolute Gasteiger partial charge is 0.471 e. The number of aromatic hydroxyl groups is 2. The number of phenols is 2. The van der Waals surface area contributed by atoms with Crippen LogP contribution in [-0.2, 0) is 17.6 Å². The van der Waals surface area contributed by atoms with E-state index in [1.54, 1.807) is 18.2 Å². The van der Waals surface area contributed by atoms with E-state index in [1.165, 1.54) is 6.07 Å². The maximum Gasteiger partial charge on any atom is 0.471 e. The number of carbonyl (C=O) groups is 1. The van der Waals surface area contributed by atoms with Crippen molar-refractivity contribution in [2.24, 2.45) is 0 Å². The van der Waals surface area contributed by atoms with Crippen LogP contribution in [0.4, 0.5) is 13.2 Å². The van der Waals surface area contributed by atoms with E-state index >= 15 is 0 Å². The Balaban J connectivity index is 1.92. The molecule has 2 aromatic rings. The van der Waals surface area contributed by atoms with Gasteiger partial charge in [-0.15, -0.1) is 0 Å². The normalized spacial score (nSPS) is 18.5. The van der Waals surface area contributed by atoms with Gasteiger partial charge in [0.05, 0.1) is 6.04 Å². The van der Waals surface area contributed by atoms with E-state index in [0.29, 0.717) is 28.7 Å². The van der Waals surface area contributed by atoms with Crippen LogP contribution >= 0.6 is 0 Å². The van der Waals surface area contributed by atoms with Crippen molar-refractivity contribution in [2.45, 2.75) is 25.1 Å². The molecule has 2 N–H and O–H groups in total. The Bertz CT molecular complexity index is 892. The molecule has 0 saturated heterocycles. The van der Waals surface area contributed by atoms with Gasteiger partial charge in [0.25, 0.3) is 0 Å². The van der Waals surface area contributed by atoms with Crippen LogP contribution in [0.5, 0.6) is 11.5 Å². The van der Waals surface area contributed by atoms with Gasteiger partial charge in [0.2, 0.25) is 0 Å². The molecular weight excluding hydrogens is 335 g/mol. The van der Waals surface area contributed by atoms with Gasteiger partial charge in [0.15, 0.2) is 11.5 Å². The topological polar surface area (TPSA) is 60.8 Å². The molecule has 1 amide bonds. The largest absolute Gasteiger partial charge is 0.504 e. The zero-order valence-electron chi connectivity index (χ0n) is 13.0. The van der Waals surface area contributed by atoms with Crippen molar-refractivity contribution in [3.63, 3.8) is 0 Å². The number of phenolic OH excluding ortho intramolecular Hbond substituents is 2. The molecule has 1 unspecified atom stereocenters. The lowest BCUT2D eigenvalue weighted by Gasteiger charge is -2.41. The molecule has 7 heteroatoms. The highest BCUT2D eigenvalue weighted by Gasteiger charge is 2.47. The summed E-state index contributed by atoms with van der Waals surface area (Å²) < 4.78 is 39.0. The Kier molecular flexibility index (Phi) is 3.25. The number of nitrogens with zero attached hydrogens (tertiary/aromatic N) is 1. The number of hydrogen-bond acceptors (Lipinski definition) is 3. The van der Waals surface area contributed by atoms with Crippen molar-refractivity contribution >= 4 is 5.91 Å². The summed E-state index contributed by atoms with van der Waals surface area (Å²) >= 11 is 0. The minimum atomic E-state index is -4.93. The van der Waals surface area contributed by atoms with E-state index in [4.69, 9.17) is 0 Å². The standard InChI is InChI=1S/C18H14F3NO3/c19-18(20,21)17(25)22-7-6-9-2-1-3-11-14(9)12(22)8-10-4-5-13(23)16(24)15(10)11/h1-5,12,23-24H,6-8H2. The van der Waals surface area contributed by atoms with Crippen LogP contribution in [0.2, 0.25) is 0 Å². The third-order valence-corrected chi connectivity index (χ3v) is 4.96. The van der Waals surface area contributed by atoms with Crippen LogP contribution in [0, 0.1) is 0 Å². The first-order chi connectivity index (χ1) is 11.8. The zero-order valence-corrected chi connectivity index (χ0v) is 13.0. The summed E-state index contributed by atoms with van der Waals surface area (Å²) in [7, 11) is 0. The molecule has 25 heavy (non-hydrogen) atoms. The lowest BCUT2D eigenvalue weighted by Crippen LogP contribution is -2.48. The van der Waals surface area contributed by atoms with Crippen LogP contribution in [0.3, 0.4) is 0 Å². The van der Waals surface area contributed by atoms with Gasteiger partial charge in [-0.05, 0) is 41.2 Å². The molecule has 0 saturated carbocycles. The van der Waals surface area contributed by atoms with Crippen LogP contribution in [0.25, 0.3) is 11.1 Å². The van der Waals surface area contributed by atoms with Crippen molar-refractivity contribution in [1.82, 2.24) is 4.90 Å². The molecular formula is C18H14F3NO3. The summed E-state index contributed by atoms with van der Waals surface area (Å²) in [5, 5.41) is 20.0. The molecule has 1 aliphatic heterocycles. The minimum absolute atomic E-state index is 0.00113. The van der Waals surface area contributed by atoms with Crippen LogP contribution in [0.15, 0.2) is 30.3 Å². The second-order valence-electron chi connectivity index (χ2n) is 6.31. The van der Waals surface area contributed by atoms with Gasteiger partial charge in [-0.2, -0.15) is 13.2 Å². The fourth-order valence-electron chi connectivity index (χ4n) is 3.91. The third-order valence-electron chi connectivity index (χ3n) is 4.96. The fourth-order valence-corrected chi connectivity index (χ4v) is 3.91. The first-order valence-electron chi connectivity index (χ1n) is 7.83. The summed E-state index contributed by atoms with van der Waals surface area (Å²) in [6.07, 6.45) is -4.45. The number of amides is 1. The SMILES string of the molecule is O=C(N1CCc2cccc3c2C1Cc1ccc(O)c(O)c1-3)C(F)(F)F. The third kappa shape index (κ3) is 2.26. The maximum absolute atomic E-state index is 13.0. The molecule has 1 atom stereocenters. The fraction of sp³-hybridized carbons (Fsp3) is 0.278. The minimum Gasteiger partial charge on any atom is -0.504 e. The molecule has 1 heterocycles. The number of fused-ring (bicyclic) bond motifs is 2. The average Bonchev–Trinajstić information content (AvgIpc) is 2.57. The van der Waals surface area contributed by atoms with Gasteiger partial charge in [0.1, 0.15) is 0 Å². The lowest BCUT2D eigenvalue weighted by atomic mass is 9.76. The van der Waals surface area contributed by atoms with Crippen molar-refractivity contribution < 1.29 is 28.2 Å².